The molecule has 104 valence electrons. The van der Waals surface area contributed by atoms with Gasteiger partial charge in [-0.15, -0.1) is 11.6 Å². The molecule has 1 fully saturated rings. The van der Waals surface area contributed by atoms with E-state index < -0.39 is 0 Å². The van der Waals surface area contributed by atoms with Crippen LogP contribution in [0.5, 0.6) is 5.75 Å². The Hall–Kier alpha value is -1.22. The standard InChI is InChI=1S/C15H20ClNO2/c1-2-10-19-14-5-3-4-12(11-14)15(18)17-8-6-13(16)7-9-17/h3-5,11,13H,2,6-10H2,1H3. The molecular formula is C15H20ClNO2. The predicted octanol–water partition coefficient (Wildman–Crippen LogP) is 3.32. The highest BCUT2D eigenvalue weighted by molar-refractivity contribution is 6.20. The lowest BCUT2D eigenvalue weighted by molar-refractivity contribution is 0.0726. The summed E-state index contributed by atoms with van der Waals surface area (Å²) in [6.45, 7) is 4.22. The van der Waals surface area contributed by atoms with Gasteiger partial charge in [0.1, 0.15) is 5.75 Å². The fourth-order valence-corrected chi connectivity index (χ4v) is 2.37. The second-order valence-electron chi connectivity index (χ2n) is 4.84. The van der Waals surface area contributed by atoms with Gasteiger partial charge in [0.2, 0.25) is 0 Å². The second-order valence-corrected chi connectivity index (χ2v) is 5.46. The van der Waals surface area contributed by atoms with E-state index in [-0.39, 0.29) is 11.3 Å². The minimum Gasteiger partial charge on any atom is -0.494 e. The van der Waals surface area contributed by atoms with Crippen molar-refractivity contribution in [1.29, 1.82) is 0 Å². The Morgan fingerprint density at radius 2 is 2.16 bits per heavy atom. The van der Waals surface area contributed by atoms with Crippen molar-refractivity contribution in [3.05, 3.63) is 29.8 Å². The molecule has 0 aliphatic carbocycles. The maximum atomic E-state index is 12.4. The van der Waals surface area contributed by atoms with Crippen LogP contribution in [0.3, 0.4) is 0 Å². The highest BCUT2D eigenvalue weighted by Gasteiger charge is 2.22. The number of likely N-dealkylation sites (tertiary alicyclic amines) is 1. The van der Waals surface area contributed by atoms with Crippen molar-refractivity contribution in [1.82, 2.24) is 4.90 Å². The molecule has 3 nitrogen and oxygen atoms in total. The lowest BCUT2D eigenvalue weighted by atomic mass is 10.1. The van der Waals surface area contributed by atoms with Crippen LogP contribution >= 0.6 is 11.6 Å². The molecule has 0 spiro atoms. The van der Waals surface area contributed by atoms with Crippen LogP contribution in [-0.2, 0) is 0 Å². The monoisotopic (exact) mass is 281 g/mol. The molecule has 0 atom stereocenters. The molecule has 0 bridgehead atoms. The molecule has 1 aliphatic heterocycles. The Kier molecular flexibility index (Phi) is 5.08. The molecule has 1 heterocycles. The maximum absolute atomic E-state index is 12.4. The van der Waals surface area contributed by atoms with E-state index in [4.69, 9.17) is 16.3 Å². The van der Waals surface area contributed by atoms with Crippen LogP contribution in [0.15, 0.2) is 24.3 Å². The first kappa shape index (κ1) is 14.2. The number of carbonyl (C=O) groups excluding carboxylic acids is 1. The van der Waals surface area contributed by atoms with Gasteiger partial charge in [-0.3, -0.25) is 4.79 Å². The SMILES string of the molecule is CCCOc1cccc(C(=O)N2CCC(Cl)CC2)c1. The van der Waals surface area contributed by atoms with E-state index in [2.05, 4.69) is 6.92 Å². The summed E-state index contributed by atoms with van der Waals surface area (Å²) in [7, 11) is 0. The number of hydrogen-bond acceptors (Lipinski definition) is 2. The third kappa shape index (κ3) is 3.87. The number of ether oxygens (including phenoxy) is 1. The summed E-state index contributed by atoms with van der Waals surface area (Å²) < 4.78 is 5.56. The molecule has 0 N–H and O–H groups in total. The smallest absolute Gasteiger partial charge is 0.253 e. The van der Waals surface area contributed by atoms with E-state index in [9.17, 15) is 4.79 Å². The van der Waals surface area contributed by atoms with Gasteiger partial charge in [-0.1, -0.05) is 13.0 Å². The van der Waals surface area contributed by atoms with Crippen LogP contribution < -0.4 is 4.74 Å². The minimum atomic E-state index is 0.0746. The summed E-state index contributed by atoms with van der Waals surface area (Å²) in [4.78, 5) is 14.2. The van der Waals surface area contributed by atoms with Crippen molar-refractivity contribution >= 4 is 17.5 Å². The number of rotatable bonds is 4. The molecule has 1 aromatic carbocycles. The molecule has 0 aromatic heterocycles. The first-order valence-electron chi connectivity index (χ1n) is 6.87. The van der Waals surface area contributed by atoms with Gasteiger partial charge in [-0.2, -0.15) is 0 Å². The summed E-state index contributed by atoms with van der Waals surface area (Å²) in [5.41, 5.74) is 0.696. The van der Waals surface area contributed by atoms with Crippen LogP contribution in [0.4, 0.5) is 0 Å². The number of amides is 1. The largest absolute Gasteiger partial charge is 0.494 e. The molecule has 4 heteroatoms. The second kappa shape index (κ2) is 6.80. The summed E-state index contributed by atoms with van der Waals surface area (Å²) in [5, 5.41) is 0.211. The Balaban J connectivity index is 2.02. The zero-order valence-corrected chi connectivity index (χ0v) is 12.0. The zero-order valence-electron chi connectivity index (χ0n) is 11.3. The Morgan fingerprint density at radius 1 is 1.42 bits per heavy atom. The Morgan fingerprint density at radius 3 is 2.84 bits per heavy atom. The van der Waals surface area contributed by atoms with Crippen LogP contribution in [-0.4, -0.2) is 35.9 Å². The molecule has 1 aliphatic rings. The molecule has 19 heavy (non-hydrogen) atoms. The lowest BCUT2D eigenvalue weighted by Crippen LogP contribution is -2.38. The molecular weight excluding hydrogens is 262 g/mol. The van der Waals surface area contributed by atoms with Crippen molar-refractivity contribution in [2.45, 2.75) is 31.6 Å². The Labute approximate surface area is 119 Å². The van der Waals surface area contributed by atoms with E-state index in [1.807, 2.05) is 29.2 Å². The van der Waals surface area contributed by atoms with Gasteiger partial charge in [0.15, 0.2) is 0 Å². The fraction of sp³-hybridized carbons (Fsp3) is 0.533. The number of hydrogen-bond donors (Lipinski definition) is 0. The fourth-order valence-electron chi connectivity index (χ4n) is 2.17. The zero-order chi connectivity index (χ0) is 13.7. The third-order valence-electron chi connectivity index (χ3n) is 3.27. The van der Waals surface area contributed by atoms with Crippen molar-refractivity contribution in [2.75, 3.05) is 19.7 Å². The summed E-state index contributed by atoms with van der Waals surface area (Å²) in [6.07, 6.45) is 2.71. The van der Waals surface area contributed by atoms with Gasteiger partial charge in [0, 0.05) is 24.0 Å². The van der Waals surface area contributed by atoms with E-state index in [1.165, 1.54) is 0 Å². The van der Waals surface area contributed by atoms with Crippen molar-refractivity contribution in [2.24, 2.45) is 0 Å². The van der Waals surface area contributed by atoms with Gasteiger partial charge >= 0.3 is 0 Å². The van der Waals surface area contributed by atoms with E-state index in [0.29, 0.717) is 12.2 Å². The van der Waals surface area contributed by atoms with E-state index >= 15 is 0 Å². The summed E-state index contributed by atoms with van der Waals surface area (Å²) in [5.74, 6) is 0.838. The molecule has 0 saturated carbocycles. The molecule has 1 saturated heterocycles. The van der Waals surface area contributed by atoms with E-state index in [1.54, 1.807) is 0 Å². The van der Waals surface area contributed by atoms with Gasteiger partial charge in [-0.25, -0.2) is 0 Å². The van der Waals surface area contributed by atoms with Gasteiger partial charge in [-0.05, 0) is 37.5 Å². The number of halogens is 1. The number of benzene rings is 1. The van der Waals surface area contributed by atoms with Gasteiger partial charge in [0.25, 0.3) is 5.91 Å². The predicted molar refractivity (Wildman–Crippen MR) is 77.0 cm³/mol. The number of carbonyl (C=O) groups is 1. The Bertz CT molecular complexity index is 428. The molecule has 1 amide bonds. The van der Waals surface area contributed by atoms with Crippen LogP contribution in [0.2, 0.25) is 0 Å². The normalized spacial score (nSPS) is 16.4. The molecule has 2 rings (SSSR count). The average molecular weight is 282 g/mol. The first-order valence-corrected chi connectivity index (χ1v) is 7.30. The molecule has 0 radical (unpaired) electrons. The number of nitrogens with zero attached hydrogens (tertiary/aromatic N) is 1. The summed E-state index contributed by atoms with van der Waals surface area (Å²) >= 11 is 6.06. The lowest BCUT2D eigenvalue weighted by Gasteiger charge is -2.29. The van der Waals surface area contributed by atoms with Crippen LogP contribution in [0.25, 0.3) is 0 Å². The van der Waals surface area contributed by atoms with E-state index in [0.717, 1.165) is 38.1 Å². The van der Waals surface area contributed by atoms with Gasteiger partial charge in [0.05, 0.1) is 6.61 Å². The number of alkyl halides is 1. The maximum Gasteiger partial charge on any atom is 0.253 e. The third-order valence-corrected chi connectivity index (χ3v) is 3.70. The molecule has 0 unspecified atom stereocenters. The number of piperidine rings is 1. The topological polar surface area (TPSA) is 29.5 Å². The van der Waals surface area contributed by atoms with Crippen molar-refractivity contribution < 1.29 is 9.53 Å². The average Bonchev–Trinajstić information content (AvgIpc) is 2.45. The summed E-state index contributed by atoms with van der Waals surface area (Å²) in [6, 6.07) is 7.42. The minimum absolute atomic E-state index is 0.0746. The first-order chi connectivity index (χ1) is 9.20. The van der Waals surface area contributed by atoms with Crippen molar-refractivity contribution in [3.8, 4) is 5.75 Å². The molecule has 1 aromatic rings. The highest BCUT2D eigenvalue weighted by atomic mass is 35.5. The van der Waals surface area contributed by atoms with Crippen molar-refractivity contribution in [3.63, 3.8) is 0 Å². The van der Waals surface area contributed by atoms with Crippen LogP contribution in [0.1, 0.15) is 36.5 Å². The van der Waals surface area contributed by atoms with Gasteiger partial charge < -0.3 is 9.64 Å². The van der Waals surface area contributed by atoms with Crippen LogP contribution in [0, 0.1) is 0 Å². The quantitative estimate of drug-likeness (QED) is 0.793. The highest BCUT2D eigenvalue weighted by Crippen LogP contribution is 2.20.